The van der Waals surface area contributed by atoms with Crippen LogP contribution in [0, 0.1) is 0 Å². The van der Waals surface area contributed by atoms with Crippen molar-refractivity contribution in [2.75, 3.05) is 20.8 Å². The van der Waals surface area contributed by atoms with Crippen LogP contribution in [0.25, 0.3) is 17.0 Å². The van der Waals surface area contributed by atoms with Crippen molar-refractivity contribution in [1.29, 1.82) is 0 Å². The van der Waals surface area contributed by atoms with Gasteiger partial charge in [0.1, 0.15) is 5.70 Å². The van der Waals surface area contributed by atoms with E-state index in [-0.39, 0.29) is 11.5 Å². The van der Waals surface area contributed by atoms with Crippen molar-refractivity contribution < 1.29 is 23.5 Å². The average molecular weight is 488 g/mol. The number of fused-ring (bicyclic) bond motifs is 1. The first-order valence-corrected chi connectivity index (χ1v) is 11.7. The molecule has 0 fully saturated rings. The van der Waals surface area contributed by atoms with Crippen LogP contribution in [0.1, 0.15) is 28.6 Å². The Morgan fingerprint density at radius 2 is 1.83 bits per heavy atom. The zero-order chi connectivity index (χ0) is 25.5. The number of benzene rings is 2. The first-order chi connectivity index (χ1) is 17.5. The summed E-state index contributed by atoms with van der Waals surface area (Å²) in [6.07, 6.45) is 5.65. The van der Waals surface area contributed by atoms with Gasteiger partial charge in [0.2, 0.25) is 0 Å². The number of nitrogens with zero attached hydrogens (tertiary/aromatic N) is 1. The lowest BCUT2D eigenvalue weighted by Gasteiger charge is -2.12. The van der Waals surface area contributed by atoms with E-state index in [1.165, 1.54) is 6.26 Å². The summed E-state index contributed by atoms with van der Waals surface area (Å²) in [6.45, 7) is 3.19. The molecular formula is C28H29N3O5. The lowest BCUT2D eigenvalue weighted by atomic mass is 10.1. The monoisotopic (exact) mass is 487 g/mol. The molecule has 0 spiro atoms. The van der Waals surface area contributed by atoms with Crippen LogP contribution in [-0.2, 0) is 17.8 Å². The van der Waals surface area contributed by atoms with E-state index in [1.807, 2.05) is 48.7 Å². The number of hydrogen-bond donors (Lipinski definition) is 2. The minimum atomic E-state index is -0.500. The number of aryl methyl sites for hydroxylation is 1. The summed E-state index contributed by atoms with van der Waals surface area (Å²) in [5.41, 5.74) is 2.99. The summed E-state index contributed by atoms with van der Waals surface area (Å²) >= 11 is 0. The molecule has 0 saturated carbocycles. The molecule has 2 aromatic heterocycles. The summed E-state index contributed by atoms with van der Waals surface area (Å²) in [5, 5.41) is 6.61. The molecule has 0 aliphatic carbocycles. The second-order valence-corrected chi connectivity index (χ2v) is 8.07. The number of methoxy groups -OCH3 is 2. The molecule has 2 amide bonds. The summed E-state index contributed by atoms with van der Waals surface area (Å²) in [6, 6.07) is 16.7. The average Bonchev–Trinajstić information content (AvgIpc) is 3.57. The minimum Gasteiger partial charge on any atom is -0.493 e. The molecule has 0 radical (unpaired) electrons. The van der Waals surface area contributed by atoms with Gasteiger partial charge in [0.05, 0.1) is 20.5 Å². The number of nitrogens with one attached hydrogen (secondary N) is 2. The lowest BCUT2D eigenvalue weighted by Crippen LogP contribution is -2.35. The van der Waals surface area contributed by atoms with E-state index in [9.17, 15) is 9.59 Å². The van der Waals surface area contributed by atoms with Crippen LogP contribution in [0.3, 0.4) is 0 Å². The molecule has 2 heterocycles. The SMILES string of the molecule is CCn1cc(/C=C(\NC(=O)c2ccco2)C(=O)NCCc2ccc(OC)c(OC)c2)c2ccccc21. The maximum absolute atomic E-state index is 13.2. The van der Waals surface area contributed by atoms with Crippen molar-refractivity contribution in [3.63, 3.8) is 0 Å². The van der Waals surface area contributed by atoms with Gasteiger partial charge >= 0.3 is 0 Å². The van der Waals surface area contributed by atoms with Gasteiger partial charge in [0, 0.05) is 35.8 Å². The molecule has 0 aliphatic rings. The van der Waals surface area contributed by atoms with Gasteiger partial charge in [0.15, 0.2) is 17.3 Å². The topological polar surface area (TPSA) is 94.7 Å². The van der Waals surface area contributed by atoms with E-state index in [0.717, 1.165) is 28.6 Å². The van der Waals surface area contributed by atoms with Crippen LogP contribution in [0.2, 0.25) is 0 Å². The van der Waals surface area contributed by atoms with Gasteiger partial charge in [-0.3, -0.25) is 9.59 Å². The van der Waals surface area contributed by atoms with Crippen LogP contribution in [0.4, 0.5) is 0 Å². The molecule has 8 nitrogen and oxygen atoms in total. The number of hydrogen-bond acceptors (Lipinski definition) is 5. The fourth-order valence-electron chi connectivity index (χ4n) is 4.01. The van der Waals surface area contributed by atoms with Gasteiger partial charge in [-0.05, 0) is 55.3 Å². The molecule has 0 aliphatic heterocycles. The van der Waals surface area contributed by atoms with Crippen molar-refractivity contribution >= 4 is 28.8 Å². The minimum absolute atomic E-state index is 0.120. The van der Waals surface area contributed by atoms with Gasteiger partial charge in [0.25, 0.3) is 11.8 Å². The molecule has 4 aromatic rings. The molecule has 0 unspecified atom stereocenters. The Morgan fingerprint density at radius 1 is 1.03 bits per heavy atom. The Morgan fingerprint density at radius 3 is 2.56 bits per heavy atom. The van der Waals surface area contributed by atoms with Crippen molar-refractivity contribution in [2.45, 2.75) is 19.9 Å². The Hall–Kier alpha value is -4.46. The maximum atomic E-state index is 13.2. The molecule has 4 rings (SSSR count). The van der Waals surface area contributed by atoms with Crippen molar-refractivity contribution in [3.8, 4) is 11.5 Å². The summed E-state index contributed by atoms with van der Waals surface area (Å²) in [5.74, 6) is 0.488. The summed E-state index contributed by atoms with van der Waals surface area (Å²) < 4.78 is 17.9. The van der Waals surface area contributed by atoms with E-state index in [4.69, 9.17) is 13.9 Å². The summed E-state index contributed by atoms with van der Waals surface area (Å²) in [7, 11) is 3.16. The van der Waals surface area contributed by atoms with Gasteiger partial charge < -0.3 is 29.1 Å². The maximum Gasteiger partial charge on any atom is 0.291 e. The van der Waals surface area contributed by atoms with Crippen LogP contribution < -0.4 is 20.1 Å². The Balaban J connectivity index is 1.56. The van der Waals surface area contributed by atoms with Crippen LogP contribution in [0.5, 0.6) is 11.5 Å². The highest BCUT2D eigenvalue weighted by molar-refractivity contribution is 6.05. The van der Waals surface area contributed by atoms with E-state index in [1.54, 1.807) is 32.4 Å². The fourth-order valence-corrected chi connectivity index (χ4v) is 4.01. The van der Waals surface area contributed by atoms with Gasteiger partial charge in [-0.15, -0.1) is 0 Å². The van der Waals surface area contributed by atoms with Crippen molar-refractivity contribution in [2.24, 2.45) is 0 Å². The third kappa shape index (κ3) is 5.43. The molecule has 36 heavy (non-hydrogen) atoms. The van der Waals surface area contributed by atoms with Gasteiger partial charge in [-0.25, -0.2) is 0 Å². The predicted molar refractivity (Wildman–Crippen MR) is 138 cm³/mol. The van der Waals surface area contributed by atoms with Gasteiger partial charge in [-0.2, -0.15) is 0 Å². The zero-order valence-electron chi connectivity index (χ0n) is 20.5. The highest BCUT2D eigenvalue weighted by atomic mass is 16.5. The molecule has 186 valence electrons. The molecule has 8 heteroatoms. The van der Waals surface area contributed by atoms with Crippen LogP contribution in [-0.4, -0.2) is 37.1 Å². The van der Waals surface area contributed by atoms with Crippen LogP contribution >= 0.6 is 0 Å². The zero-order valence-corrected chi connectivity index (χ0v) is 20.5. The second kappa shape index (κ2) is 11.3. The number of carbonyl (C=O) groups is 2. The fraction of sp³-hybridized carbons (Fsp3) is 0.214. The predicted octanol–water partition coefficient (Wildman–Crippen LogP) is 4.40. The van der Waals surface area contributed by atoms with Gasteiger partial charge in [-0.1, -0.05) is 24.3 Å². The number of para-hydroxylation sites is 1. The van der Waals surface area contributed by atoms with E-state index in [2.05, 4.69) is 22.1 Å². The van der Waals surface area contributed by atoms with E-state index < -0.39 is 11.8 Å². The van der Waals surface area contributed by atoms with E-state index >= 15 is 0 Å². The highest BCUT2D eigenvalue weighted by Crippen LogP contribution is 2.27. The van der Waals surface area contributed by atoms with Crippen molar-refractivity contribution in [3.05, 3.63) is 89.6 Å². The molecule has 2 aromatic carbocycles. The quantitative estimate of drug-likeness (QED) is 0.323. The Kier molecular flexibility index (Phi) is 7.75. The lowest BCUT2D eigenvalue weighted by molar-refractivity contribution is -0.117. The highest BCUT2D eigenvalue weighted by Gasteiger charge is 2.17. The Labute approximate surface area is 209 Å². The van der Waals surface area contributed by atoms with Crippen molar-refractivity contribution in [1.82, 2.24) is 15.2 Å². The molecular weight excluding hydrogens is 458 g/mol. The molecule has 0 atom stereocenters. The molecule has 0 bridgehead atoms. The van der Waals surface area contributed by atoms with Crippen LogP contribution in [0.15, 0.2) is 77.2 Å². The normalized spacial score (nSPS) is 11.4. The number of carbonyl (C=O) groups excluding carboxylic acids is 2. The molecule has 2 N–H and O–H groups in total. The third-order valence-corrected chi connectivity index (χ3v) is 5.84. The standard InChI is InChI=1S/C28H29N3O5/c1-4-31-18-20(21-8-5-6-9-23(21)31)17-22(30-28(33)25-10-7-15-36-25)27(32)29-14-13-19-11-12-24(34-2)26(16-19)35-3/h5-12,15-18H,4,13-14H2,1-3H3,(H,29,32)(H,30,33)/b22-17-. The number of furan rings is 1. The number of amides is 2. The summed E-state index contributed by atoms with van der Waals surface area (Å²) in [4.78, 5) is 25.9. The second-order valence-electron chi connectivity index (χ2n) is 8.07. The number of ether oxygens (including phenoxy) is 2. The number of aromatic nitrogens is 1. The third-order valence-electron chi connectivity index (χ3n) is 5.84. The first-order valence-electron chi connectivity index (χ1n) is 11.7. The first kappa shape index (κ1) is 24.7. The molecule has 0 saturated heterocycles. The number of rotatable bonds is 10. The smallest absolute Gasteiger partial charge is 0.291 e. The Bertz CT molecular complexity index is 1390. The van der Waals surface area contributed by atoms with E-state index in [0.29, 0.717) is 24.5 Å². The largest absolute Gasteiger partial charge is 0.493 e.